The fraction of sp³-hybridized carbons (Fsp3) is 1.00. The lowest BCUT2D eigenvalue weighted by atomic mass is 9.83. The van der Waals surface area contributed by atoms with E-state index in [2.05, 4.69) is 24.3 Å². The summed E-state index contributed by atoms with van der Waals surface area (Å²) in [6.45, 7) is 0.877. The summed E-state index contributed by atoms with van der Waals surface area (Å²) in [7, 11) is 4.27. The SMILES string of the molecule is CNC1CCC(N(C)CC2(O)CCCCC2)CC1. The Morgan fingerprint density at radius 1 is 1.11 bits per heavy atom. The molecule has 0 spiro atoms. The summed E-state index contributed by atoms with van der Waals surface area (Å²) >= 11 is 0. The average molecular weight is 254 g/mol. The molecule has 0 amide bonds. The van der Waals surface area contributed by atoms with Crippen LogP contribution in [0.25, 0.3) is 0 Å². The number of hydrogen-bond acceptors (Lipinski definition) is 3. The fourth-order valence-electron chi connectivity index (χ4n) is 3.77. The molecule has 2 rings (SSSR count). The van der Waals surface area contributed by atoms with Gasteiger partial charge in [0.25, 0.3) is 0 Å². The molecule has 106 valence electrons. The van der Waals surface area contributed by atoms with Crippen molar-refractivity contribution in [2.45, 2.75) is 75.5 Å². The Morgan fingerprint density at radius 2 is 1.72 bits per heavy atom. The van der Waals surface area contributed by atoms with Crippen LogP contribution in [0.3, 0.4) is 0 Å². The van der Waals surface area contributed by atoms with Crippen molar-refractivity contribution in [1.29, 1.82) is 0 Å². The molecule has 0 aliphatic heterocycles. The minimum atomic E-state index is -0.396. The number of hydrogen-bond donors (Lipinski definition) is 2. The van der Waals surface area contributed by atoms with Gasteiger partial charge in [0.1, 0.15) is 0 Å². The third-order valence-corrected chi connectivity index (χ3v) is 5.06. The molecule has 3 heteroatoms. The standard InChI is InChI=1S/C15H30N2O/c1-16-13-6-8-14(9-7-13)17(2)12-15(18)10-4-3-5-11-15/h13-14,16,18H,3-12H2,1-2H3. The minimum Gasteiger partial charge on any atom is -0.389 e. The van der Waals surface area contributed by atoms with E-state index in [1.54, 1.807) is 0 Å². The Kier molecular flexibility index (Phi) is 5.05. The normalized spacial score (nSPS) is 32.7. The Labute approximate surface area is 112 Å². The van der Waals surface area contributed by atoms with E-state index in [1.807, 2.05) is 0 Å². The smallest absolute Gasteiger partial charge is 0.0774 e. The Hall–Kier alpha value is -0.120. The van der Waals surface area contributed by atoms with Gasteiger partial charge in [0, 0.05) is 18.6 Å². The second kappa shape index (κ2) is 6.36. The van der Waals surface area contributed by atoms with Crippen molar-refractivity contribution >= 4 is 0 Å². The predicted molar refractivity (Wildman–Crippen MR) is 75.8 cm³/mol. The molecule has 0 aromatic rings. The van der Waals surface area contributed by atoms with E-state index in [4.69, 9.17) is 0 Å². The first-order valence-electron chi connectivity index (χ1n) is 7.73. The van der Waals surface area contributed by atoms with Gasteiger partial charge in [-0.3, -0.25) is 0 Å². The molecule has 2 aliphatic carbocycles. The van der Waals surface area contributed by atoms with Crippen molar-refractivity contribution in [2.75, 3.05) is 20.6 Å². The zero-order valence-electron chi connectivity index (χ0n) is 12.1. The molecule has 2 saturated carbocycles. The third kappa shape index (κ3) is 3.69. The molecule has 0 aromatic heterocycles. The van der Waals surface area contributed by atoms with Crippen LogP contribution in [0.4, 0.5) is 0 Å². The van der Waals surface area contributed by atoms with Gasteiger partial charge in [0.2, 0.25) is 0 Å². The molecule has 0 heterocycles. The zero-order valence-corrected chi connectivity index (χ0v) is 12.1. The van der Waals surface area contributed by atoms with Crippen LogP contribution in [-0.4, -0.2) is 48.3 Å². The summed E-state index contributed by atoms with van der Waals surface area (Å²) in [6, 6.07) is 1.40. The van der Waals surface area contributed by atoms with Crippen molar-refractivity contribution in [3.63, 3.8) is 0 Å². The summed E-state index contributed by atoms with van der Waals surface area (Å²) in [5, 5.41) is 14.0. The molecule has 0 atom stereocenters. The lowest BCUT2D eigenvalue weighted by Gasteiger charge is -2.40. The maximum Gasteiger partial charge on any atom is 0.0774 e. The number of nitrogens with one attached hydrogen (secondary N) is 1. The fourth-order valence-corrected chi connectivity index (χ4v) is 3.77. The minimum absolute atomic E-state index is 0.396. The molecule has 0 aromatic carbocycles. The molecule has 2 fully saturated rings. The third-order valence-electron chi connectivity index (χ3n) is 5.06. The van der Waals surface area contributed by atoms with Crippen molar-refractivity contribution in [1.82, 2.24) is 10.2 Å². The first-order valence-corrected chi connectivity index (χ1v) is 7.73. The van der Waals surface area contributed by atoms with Crippen molar-refractivity contribution < 1.29 is 5.11 Å². The van der Waals surface area contributed by atoms with Crippen LogP contribution in [0.2, 0.25) is 0 Å². The highest BCUT2D eigenvalue weighted by molar-refractivity contribution is 4.88. The molecule has 18 heavy (non-hydrogen) atoms. The molecular weight excluding hydrogens is 224 g/mol. The van der Waals surface area contributed by atoms with E-state index in [0.717, 1.165) is 19.4 Å². The monoisotopic (exact) mass is 254 g/mol. The van der Waals surface area contributed by atoms with Gasteiger partial charge in [0.15, 0.2) is 0 Å². The molecule has 2 aliphatic rings. The van der Waals surface area contributed by atoms with Gasteiger partial charge in [-0.05, 0) is 52.6 Å². The van der Waals surface area contributed by atoms with Crippen LogP contribution < -0.4 is 5.32 Å². The van der Waals surface area contributed by atoms with Gasteiger partial charge in [-0.1, -0.05) is 19.3 Å². The van der Waals surface area contributed by atoms with Gasteiger partial charge < -0.3 is 15.3 Å². The highest BCUT2D eigenvalue weighted by Gasteiger charge is 2.33. The summed E-state index contributed by atoms with van der Waals surface area (Å²) in [6.07, 6.45) is 10.8. The number of likely N-dealkylation sites (N-methyl/N-ethyl adjacent to an activating group) is 1. The van der Waals surface area contributed by atoms with Crippen LogP contribution in [0.5, 0.6) is 0 Å². The van der Waals surface area contributed by atoms with E-state index in [0.29, 0.717) is 12.1 Å². The zero-order chi connectivity index (χ0) is 13.0. The number of aliphatic hydroxyl groups is 1. The van der Waals surface area contributed by atoms with Crippen LogP contribution in [0.15, 0.2) is 0 Å². The predicted octanol–water partition coefficient (Wildman–Crippen LogP) is 2.14. The molecule has 0 saturated heterocycles. The topological polar surface area (TPSA) is 35.5 Å². The molecule has 0 unspecified atom stereocenters. The van der Waals surface area contributed by atoms with Gasteiger partial charge in [0.05, 0.1) is 5.60 Å². The number of rotatable bonds is 4. The second-order valence-electron chi connectivity index (χ2n) is 6.49. The van der Waals surface area contributed by atoms with Crippen molar-refractivity contribution in [3.05, 3.63) is 0 Å². The van der Waals surface area contributed by atoms with Crippen LogP contribution in [0.1, 0.15) is 57.8 Å². The van der Waals surface area contributed by atoms with E-state index in [9.17, 15) is 5.11 Å². The first-order chi connectivity index (χ1) is 8.63. The Morgan fingerprint density at radius 3 is 2.28 bits per heavy atom. The summed E-state index contributed by atoms with van der Waals surface area (Å²) < 4.78 is 0. The Bertz CT molecular complexity index is 243. The summed E-state index contributed by atoms with van der Waals surface area (Å²) in [5.41, 5.74) is -0.396. The lowest BCUT2D eigenvalue weighted by molar-refractivity contribution is -0.0328. The highest BCUT2D eigenvalue weighted by Crippen LogP contribution is 2.30. The van der Waals surface area contributed by atoms with Gasteiger partial charge in [-0.25, -0.2) is 0 Å². The molecular formula is C15H30N2O. The highest BCUT2D eigenvalue weighted by atomic mass is 16.3. The van der Waals surface area contributed by atoms with E-state index in [-0.39, 0.29) is 0 Å². The maximum atomic E-state index is 10.6. The summed E-state index contributed by atoms with van der Waals surface area (Å²) in [4.78, 5) is 2.43. The molecule has 3 nitrogen and oxygen atoms in total. The maximum absolute atomic E-state index is 10.6. The molecule has 0 bridgehead atoms. The van der Waals surface area contributed by atoms with E-state index in [1.165, 1.54) is 44.9 Å². The van der Waals surface area contributed by atoms with Crippen molar-refractivity contribution in [2.24, 2.45) is 0 Å². The molecule has 0 radical (unpaired) electrons. The quantitative estimate of drug-likeness (QED) is 0.807. The van der Waals surface area contributed by atoms with Crippen LogP contribution >= 0.6 is 0 Å². The van der Waals surface area contributed by atoms with E-state index >= 15 is 0 Å². The molecule has 2 N–H and O–H groups in total. The average Bonchev–Trinajstić information content (AvgIpc) is 2.39. The van der Waals surface area contributed by atoms with Gasteiger partial charge in [-0.2, -0.15) is 0 Å². The van der Waals surface area contributed by atoms with Gasteiger partial charge in [-0.15, -0.1) is 0 Å². The largest absolute Gasteiger partial charge is 0.389 e. The van der Waals surface area contributed by atoms with Crippen molar-refractivity contribution in [3.8, 4) is 0 Å². The van der Waals surface area contributed by atoms with Crippen LogP contribution in [-0.2, 0) is 0 Å². The van der Waals surface area contributed by atoms with Gasteiger partial charge >= 0.3 is 0 Å². The Balaban J connectivity index is 1.79. The van der Waals surface area contributed by atoms with Crippen LogP contribution in [0, 0.1) is 0 Å². The second-order valence-corrected chi connectivity index (χ2v) is 6.49. The summed E-state index contributed by atoms with van der Waals surface area (Å²) in [5.74, 6) is 0. The number of nitrogens with zero attached hydrogens (tertiary/aromatic N) is 1. The van der Waals surface area contributed by atoms with E-state index < -0.39 is 5.60 Å². The lowest BCUT2D eigenvalue weighted by Crippen LogP contribution is -2.48. The first kappa shape index (κ1) is 14.3.